The Morgan fingerprint density at radius 3 is 2.33 bits per heavy atom. The van der Waals surface area contributed by atoms with Crippen LogP contribution in [-0.4, -0.2) is 29.8 Å². The van der Waals surface area contributed by atoms with Crippen LogP contribution in [0.15, 0.2) is 48.5 Å². The van der Waals surface area contributed by atoms with Gasteiger partial charge in [0.2, 0.25) is 5.91 Å². The minimum Gasteiger partial charge on any atom is -0.349 e. The van der Waals surface area contributed by atoms with Crippen molar-refractivity contribution in [3.8, 4) is 0 Å². The topological polar surface area (TPSA) is 49.4 Å². The molecule has 0 aromatic heterocycles. The Hall–Kier alpha value is -2.69. The molecule has 0 aliphatic carbocycles. The largest absolute Gasteiger partial charge is 0.349 e. The van der Waals surface area contributed by atoms with Crippen LogP contribution in [0.25, 0.3) is 0 Å². The predicted molar refractivity (Wildman–Crippen MR) is 103 cm³/mol. The molecule has 1 aliphatic heterocycles. The summed E-state index contributed by atoms with van der Waals surface area (Å²) in [5.74, 6) is -0.363. The zero-order chi connectivity index (χ0) is 19.4. The molecule has 0 saturated carbocycles. The number of carbonyl (C=O) groups excluding carboxylic acids is 2. The second-order valence-electron chi connectivity index (χ2n) is 7.16. The molecule has 4 nitrogen and oxygen atoms in total. The molecule has 27 heavy (non-hydrogen) atoms. The van der Waals surface area contributed by atoms with Crippen molar-refractivity contribution in [1.82, 2.24) is 10.2 Å². The maximum Gasteiger partial charge on any atom is 0.254 e. The van der Waals surface area contributed by atoms with Crippen LogP contribution in [0.3, 0.4) is 0 Å². The van der Waals surface area contributed by atoms with Crippen molar-refractivity contribution in [3.63, 3.8) is 0 Å². The number of halogens is 1. The molecular formula is C22H25FN2O2. The molecule has 2 aromatic carbocycles. The highest BCUT2D eigenvalue weighted by Crippen LogP contribution is 2.22. The molecule has 1 aliphatic rings. The Labute approximate surface area is 159 Å². The summed E-state index contributed by atoms with van der Waals surface area (Å²) in [6.45, 7) is 4.98. The summed E-state index contributed by atoms with van der Waals surface area (Å²) >= 11 is 0. The predicted octanol–water partition coefficient (Wildman–Crippen LogP) is 3.86. The van der Waals surface area contributed by atoms with Crippen molar-refractivity contribution >= 4 is 11.8 Å². The third-order valence-electron chi connectivity index (χ3n) is 5.26. The Bertz CT molecular complexity index is 811. The van der Waals surface area contributed by atoms with Crippen molar-refractivity contribution in [3.05, 3.63) is 71.0 Å². The average molecular weight is 368 g/mol. The first kappa shape index (κ1) is 19.1. The Kier molecular flexibility index (Phi) is 5.89. The molecule has 0 bridgehead atoms. The number of nitrogens with zero attached hydrogens (tertiary/aromatic N) is 1. The summed E-state index contributed by atoms with van der Waals surface area (Å²) in [4.78, 5) is 27.1. The van der Waals surface area contributed by atoms with Gasteiger partial charge in [-0.25, -0.2) is 4.39 Å². The molecule has 1 atom stereocenters. The van der Waals surface area contributed by atoms with Crippen LogP contribution >= 0.6 is 0 Å². The lowest BCUT2D eigenvalue weighted by molar-refractivity contribution is -0.126. The van der Waals surface area contributed by atoms with Gasteiger partial charge in [0, 0.05) is 24.6 Å². The van der Waals surface area contributed by atoms with Crippen molar-refractivity contribution in [2.24, 2.45) is 5.92 Å². The van der Waals surface area contributed by atoms with E-state index in [0.717, 1.165) is 16.7 Å². The van der Waals surface area contributed by atoms with Gasteiger partial charge in [-0.05, 0) is 56.0 Å². The lowest BCUT2D eigenvalue weighted by atomic mass is 9.94. The highest BCUT2D eigenvalue weighted by molar-refractivity contribution is 5.95. The third kappa shape index (κ3) is 4.54. The molecule has 0 radical (unpaired) electrons. The van der Waals surface area contributed by atoms with Crippen LogP contribution in [0.4, 0.5) is 4.39 Å². The fourth-order valence-electron chi connectivity index (χ4n) is 3.49. The van der Waals surface area contributed by atoms with Gasteiger partial charge in [-0.15, -0.1) is 0 Å². The fraction of sp³-hybridized carbons (Fsp3) is 0.364. The molecule has 1 unspecified atom stereocenters. The smallest absolute Gasteiger partial charge is 0.254 e. The quantitative estimate of drug-likeness (QED) is 0.891. The normalized spacial score (nSPS) is 16.0. The number of nitrogens with one attached hydrogen (secondary N) is 1. The molecule has 1 saturated heterocycles. The maximum atomic E-state index is 13.0. The van der Waals surface area contributed by atoms with E-state index in [1.807, 2.05) is 43.0 Å². The Balaban J connectivity index is 1.54. The number of benzene rings is 2. The van der Waals surface area contributed by atoms with Gasteiger partial charge in [0.25, 0.3) is 5.91 Å². The molecule has 1 fully saturated rings. The van der Waals surface area contributed by atoms with E-state index in [0.29, 0.717) is 25.9 Å². The van der Waals surface area contributed by atoms with Gasteiger partial charge in [0.1, 0.15) is 5.82 Å². The number of piperidine rings is 1. The first-order valence-electron chi connectivity index (χ1n) is 9.36. The van der Waals surface area contributed by atoms with Gasteiger partial charge in [0.05, 0.1) is 6.04 Å². The van der Waals surface area contributed by atoms with E-state index in [9.17, 15) is 14.0 Å². The monoisotopic (exact) mass is 368 g/mol. The van der Waals surface area contributed by atoms with Crippen LogP contribution in [0, 0.1) is 18.7 Å². The lowest BCUT2D eigenvalue weighted by Gasteiger charge is -2.32. The van der Waals surface area contributed by atoms with Gasteiger partial charge in [-0.2, -0.15) is 0 Å². The summed E-state index contributed by atoms with van der Waals surface area (Å²) < 4.78 is 13.0. The van der Waals surface area contributed by atoms with Crippen molar-refractivity contribution in [1.29, 1.82) is 0 Å². The summed E-state index contributed by atoms with van der Waals surface area (Å²) in [7, 11) is 0. The van der Waals surface area contributed by atoms with Crippen LogP contribution in [0.2, 0.25) is 0 Å². The van der Waals surface area contributed by atoms with E-state index in [-0.39, 0.29) is 29.6 Å². The second-order valence-corrected chi connectivity index (χ2v) is 7.16. The summed E-state index contributed by atoms with van der Waals surface area (Å²) in [6, 6.07) is 13.6. The summed E-state index contributed by atoms with van der Waals surface area (Å²) in [6.07, 6.45) is 1.30. The molecule has 5 heteroatoms. The van der Waals surface area contributed by atoms with Crippen LogP contribution < -0.4 is 5.32 Å². The van der Waals surface area contributed by atoms with E-state index in [4.69, 9.17) is 0 Å². The average Bonchev–Trinajstić information content (AvgIpc) is 2.68. The van der Waals surface area contributed by atoms with Crippen LogP contribution in [0.1, 0.15) is 47.3 Å². The van der Waals surface area contributed by atoms with Crippen molar-refractivity contribution in [2.45, 2.75) is 32.7 Å². The number of rotatable bonds is 4. The van der Waals surface area contributed by atoms with Crippen LogP contribution in [0.5, 0.6) is 0 Å². The second kappa shape index (κ2) is 8.33. The number of aryl methyl sites for hydroxylation is 1. The number of amides is 2. The van der Waals surface area contributed by atoms with Crippen molar-refractivity contribution in [2.75, 3.05) is 13.1 Å². The highest BCUT2D eigenvalue weighted by atomic mass is 19.1. The summed E-state index contributed by atoms with van der Waals surface area (Å²) in [5.41, 5.74) is 2.57. The minimum atomic E-state index is -0.289. The molecule has 3 rings (SSSR count). The molecule has 2 amide bonds. The number of likely N-dealkylation sites (tertiary alicyclic amines) is 1. The van der Waals surface area contributed by atoms with Gasteiger partial charge < -0.3 is 10.2 Å². The Morgan fingerprint density at radius 2 is 1.70 bits per heavy atom. The van der Waals surface area contributed by atoms with E-state index < -0.39 is 0 Å². The van der Waals surface area contributed by atoms with E-state index in [1.54, 1.807) is 12.1 Å². The number of hydrogen-bond donors (Lipinski definition) is 1. The molecular weight excluding hydrogens is 343 g/mol. The zero-order valence-electron chi connectivity index (χ0n) is 15.7. The van der Waals surface area contributed by atoms with E-state index in [2.05, 4.69) is 5.32 Å². The van der Waals surface area contributed by atoms with E-state index in [1.165, 1.54) is 12.1 Å². The molecule has 142 valence electrons. The first-order valence-corrected chi connectivity index (χ1v) is 9.36. The molecule has 1 heterocycles. The van der Waals surface area contributed by atoms with Gasteiger partial charge in [-0.1, -0.05) is 30.3 Å². The Morgan fingerprint density at radius 1 is 1.07 bits per heavy atom. The number of carbonyl (C=O) groups is 2. The maximum absolute atomic E-state index is 13.0. The standard InChI is InChI=1S/C22H25FN2O2/c1-15-5-3-4-6-20(15)22(27)25-13-11-18(12-14-25)21(26)24-16(2)17-7-9-19(23)10-8-17/h3-10,16,18H,11-14H2,1-2H3,(H,24,26). The first-order chi connectivity index (χ1) is 13.0. The molecule has 0 spiro atoms. The van der Waals surface area contributed by atoms with Gasteiger partial charge in [0.15, 0.2) is 0 Å². The van der Waals surface area contributed by atoms with Gasteiger partial charge in [-0.3, -0.25) is 9.59 Å². The third-order valence-corrected chi connectivity index (χ3v) is 5.26. The fourth-order valence-corrected chi connectivity index (χ4v) is 3.49. The molecule has 2 aromatic rings. The van der Waals surface area contributed by atoms with Gasteiger partial charge >= 0.3 is 0 Å². The molecule has 1 N–H and O–H groups in total. The lowest BCUT2D eigenvalue weighted by Crippen LogP contribution is -2.43. The zero-order valence-corrected chi connectivity index (χ0v) is 15.7. The van der Waals surface area contributed by atoms with Crippen LogP contribution in [-0.2, 0) is 4.79 Å². The highest BCUT2D eigenvalue weighted by Gasteiger charge is 2.28. The number of hydrogen-bond acceptors (Lipinski definition) is 2. The van der Waals surface area contributed by atoms with Crippen molar-refractivity contribution < 1.29 is 14.0 Å². The summed E-state index contributed by atoms with van der Waals surface area (Å²) in [5, 5.41) is 3.01. The van der Waals surface area contributed by atoms with E-state index >= 15 is 0 Å². The SMILES string of the molecule is Cc1ccccc1C(=O)N1CCC(C(=O)NC(C)c2ccc(F)cc2)CC1. The minimum absolute atomic E-state index is 0.00480.